The van der Waals surface area contributed by atoms with Crippen LogP contribution in [-0.4, -0.2) is 19.5 Å². The summed E-state index contributed by atoms with van der Waals surface area (Å²) >= 11 is 1.50. The average molecular weight is 418 g/mol. The maximum absolute atomic E-state index is 12.4. The molecule has 2 aromatic heterocycles. The number of anilines is 1. The zero-order valence-electron chi connectivity index (χ0n) is 15.3. The Morgan fingerprint density at radius 1 is 1.21 bits per heavy atom. The summed E-state index contributed by atoms with van der Waals surface area (Å²) in [4.78, 5) is 12.4. The molecule has 0 saturated heterocycles. The van der Waals surface area contributed by atoms with Crippen LogP contribution in [0.2, 0.25) is 0 Å². The summed E-state index contributed by atoms with van der Waals surface area (Å²) in [5, 5.41) is 8.42. The van der Waals surface area contributed by atoms with Crippen LogP contribution in [0.5, 0.6) is 0 Å². The Labute approximate surface area is 167 Å². The van der Waals surface area contributed by atoms with Crippen LogP contribution in [0.4, 0.5) is 5.69 Å². The lowest BCUT2D eigenvalue weighted by Crippen LogP contribution is -2.22. The van der Waals surface area contributed by atoms with E-state index in [1.807, 2.05) is 17.5 Å². The predicted molar refractivity (Wildman–Crippen MR) is 109 cm³/mol. The minimum absolute atomic E-state index is 0.190. The Bertz CT molecular complexity index is 1080. The van der Waals surface area contributed by atoms with Gasteiger partial charge in [-0.05, 0) is 42.1 Å². The predicted octanol–water partition coefficient (Wildman–Crippen LogP) is 3.65. The number of hydrogen-bond acceptors (Lipinski definition) is 6. The number of benzene rings is 1. The monoisotopic (exact) mass is 417 g/mol. The van der Waals surface area contributed by atoms with E-state index in [1.54, 1.807) is 31.2 Å². The molecular formula is C19H19N3O4S2. The van der Waals surface area contributed by atoms with Crippen molar-refractivity contribution in [3.8, 4) is 0 Å². The number of sulfonamides is 1. The standard InChI is InChI=1S/C19H19N3O4S2/c1-13-19(21-14(2)23)18(26-22-13)10-7-15-5-8-17(9-6-15)28(24,25)20-12-16-4-3-11-27-16/h3-11,20H,12H2,1-2H3,(H,21,23)/b10-7-. The van der Waals surface area contributed by atoms with Crippen molar-refractivity contribution in [1.82, 2.24) is 9.88 Å². The number of carbonyl (C=O) groups excluding carboxylic acids is 1. The lowest BCUT2D eigenvalue weighted by molar-refractivity contribution is -0.114. The van der Waals surface area contributed by atoms with Gasteiger partial charge in [-0.2, -0.15) is 0 Å². The number of nitrogens with zero attached hydrogens (tertiary/aromatic N) is 1. The van der Waals surface area contributed by atoms with E-state index in [1.165, 1.54) is 30.4 Å². The molecule has 0 saturated carbocycles. The minimum atomic E-state index is -3.58. The molecular weight excluding hydrogens is 398 g/mol. The first kappa shape index (κ1) is 20.0. The third-order valence-corrected chi connectivity index (χ3v) is 6.12. The van der Waals surface area contributed by atoms with Gasteiger partial charge in [0.1, 0.15) is 11.4 Å². The highest BCUT2D eigenvalue weighted by Gasteiger charge is 2.14. The van der Waals surface area contributed by atoms with E-state index >= 15 is 0 Å². The molecule has 0 aliphatic rings. The Morgan fingerprint density at radius 3 is 2.61 bits per heavy atom. The van der Waals surface area contributed by atoms with Gasteiger partial charge in [-0.3, -0.25) is 4.79 Å². The van der Waals surface area contributed by atoms with Crippen LogP contribution in [-0.2, 0) is 21.4 Å². The molecule has 0 atom stereocenters. The Balaban J connectivity index is 1.71. The highest BCUT2D eigenvalue weighted by Crippen LogP contribution is 2.23. The second kappa shape index (κ2) is 8.51. The quantitative estimate of drug-likeness (QED) is 0.611. The van der Waals surface area contributed by atoms with E-state index < -0.39 is 10.0 Å². The number of nitrogens with one attached hydrogen (secondary N) is 2. The first-order valence-corrected chi connectivity index (χ1v) is 10.8. The van der Waals surface area contributed by atoms with Crippen LogP contribution in [0.3, 0.4) is 0 Å². The topological polar surface area (TPSA) is 101 Å². The number of amides is 1. The number of hydrogen-bond donors (Lipinski definition) is 2. The van der Waals surface area contributed by atoms with Gasteiger partial charge in [0.15, 0.2) is 5.76 Å². The summed E-state index contributed by atoms with van der Waals surface area (Å²) < 4.78 is 32.6. The van der Waals surface area contributed by atoms with Crippen molar-refractivity contribution in [2.45, 2.75) is 25.3 Å². The van der Waals surface area contributed by atoms with Crippen molar-refractivity contribution >= 4 is 45.1 Å². The molecule has 3 aromatic rings. The van der Waals surface area contributed by atoms with Gasteiger partial charge in [0.2, 0.25) is 15.9 Å². The van der Waals surface area contributed by atoms with E-state index in [-0.39, 0.29) is 17.3 Å². The van der Waals surface area contributed by atoms with E-state index in [0.29, 0.717) is 17.1 Å². The first-order valence-electron chi connectivity index (χ1n) is 8.39. The fourth-order valence-electron chi connectivity index (χ4n) is 2.42. The maximum Gasteiger partial charge on any atom is 0.240 e. The van der Waals surface area contributed by atoms with Gasteiger partial charge < -0.3 is 9.84 Å². The van der Waals surface area contributed by atoms with Crippen LogP contribution < -0.4 is 10.0 Å². The van der Waals surface area contributed by atoms with Gasteiger partial charge in [0.05, 0.1) is 4.90 Å². The summed E-state index contributed by atoms with van der Waals surface area (Å²) in [6.45, 7) is 3.40. The van der Waals surface area contributed by atoms with Crippen LogP contribution in [0.25, 0.3) is 12.2 Å². The summed E-state index contributed by atoms with van der Waals surface area (Å²) in [5.74, 6) is 0.201. The van der Waals surface area contributed by atoms with Crippen molar-refractivity contribution in [1.29, 1.82) is 0 Å². The van der Waals surface area contributed by atoms with E-state index in [4.69, 9.17) is 4.52 Å². The minimum Gasteiger partial charge on any atom is -0.354 e. The number of aromatic nitrogens is 1. The number of thiophene rings is 1. The van der Waals surface area contributed by atoms with E-state index in [9.17, 15) is 13.2 Å². The Kier molecular flexibility index (Phi) is 6.08. The molecule has 1 aromatic carbocycles. The van der Waals surface area contributed by atoms with Gasteiger partial charge in [-0.25, -0.2) is 13.1 Å². The molecule has 9 heteroatoms. The number of carbonyl (C=O) groups is 1. The van der Waals surface area contributed by atoms with Crippen molar-refractivity contribution < 1.29 is 17.7 Å². The van der Waals surface area contributed by atoms with Gasteiger partial charge in [0.25, 0.3) is 0 Å². The molecule has 0 radical (unpaired) electrons. The average Bonchev–Trinajstić information content (AvgIpc) is 3.29. The summed E-state index contributed by atoms with van der Waals surface area (Å²) in [5.41, 5.74) is 1.87. The fraction of sp³-hybridized carbons (Fsp3) is 0.158. The molecule has 146 valence electrons. The molecule has 0 spiro atoms. The third kappa shape index (κ3) is 4.94. The van der Waals surface area contributed by atoms with Crippen molar-refractivity contribution in [2.24, 2.45) is 0 Å². The molecule has 0 aliphatic carbocycles. The van der Waals surface area contributed by atoms with Crippen LogP contribution in [0.1, 0.15) is 28.8 Å². The third-order valence-electron chi connectivity index (χ3n) is 3.82. The van der Waals surface area contributed by atoms with E-state index in [2.05, 4.69) is 15.2 Å². The number of aryl methyl sites for hydroxylation is 1. The zero-order valence-corrected chi connectivity index (χ0v) is 16.9. The van der Waals surface area contributed by atoms with E-state index in [0.717, 1.165) is 10.4 Å². The molecule has 28 heavy (non-hydrogen) atoms. The molecule has 2 heterocycles. The zero-order chi connectivity index (χ0) is 20.1. The second-order valence-corrected chi connectivity index (χ2v) is 8.79. The fourth-order valence-corrected chi connectivity index (χ4v) is 4.16. The lowest BCUT2D eigenvalue weighted by Gasteiger charge is -2.06. The maximum atomic E-state index is 12.4. The van der Waals surface area contributed by atoms with Gasteiger partial charge in [0, 0.05) is 18.3 Å². The molecule has 2 N–H and O–H groups in total. The first-order chi connectivity index (χ1) is 13.3. The normalized spacial score (nSPS) is 11.8. The molecule has 0 unspecified atom stereocenters. The van der Waals surface area contributed by atoms with Crippen LogP contribution in [0, 0.1) is 6.92 Å². The molecule has 7 nitrogen and oxygen atoms in total. The van der Waals surface area contributed by atoms with Crippen LogP contribution in [0.15, 0.2) is 51.2 Å². The molecule has 3 rings (SSSR count). The molecule has 0 bridgehead atoms. The summed E-state index contributed by atoms with van der Waals surface area (Å²) in [7, 11) is -3.58. The van der Waals surface area contributed by atoms with Gasteiger partial charge in [-0.1, -0.05) is 29.4 Å². The van der Waals surface area contributed by atoms with Crippen molar-refractivity contribution in [3.63, 3.8) is 0 Å². The number of rotatable bonds is 7. The highest BCUT2D eigenvalue weighted by atomic mass is 32.2. The largest absolute Gasteiger partial charge is 0.354 e. The molecule has 1 amide bonds. The lowest BCUT2D eigenvalue weighted by atomic mass is 10.2. The summed E-state index contributed by atoms with van der Waals surface area (Å²) in [6.07, 6.45) is 3.42. The highest BCUT2D eigenvalue weighted by molar-refractivity contribution is 7.89. The Hall–Kier alpha value is -2.75. The van der Waals surface area contributed by atoms with Gasteiger partial charge >= 0.3 is 0 Å². The SMILES string of the molecule is CC(=O)Nc1c(C)noc1/C=C\c1ccc(S(=O)(=O)NCc2cccs2)cc1. The molecule has 0 fully saturated rings. The van der Waals surface area contributed by atoms with Crippen molar-refractivity contribution in [3.05, 3.63) is 63.7 Å². The Morgan fingerprint density at radius 2 is 1.96 bits per heavy atom. The smallest absolute Gasteiger partial charge is 0.240 e. The van der Waals surface area contributed by atoms with Gasteiger partial charge in [-0.15, -0.1) is 11.3 Å². The molecule has 0 aliphatic heterocycles. The van der Waals surface area contributed by atoms with Crippen molar-refractivity contribution in [2.75, 3.05) is 5.32 Å². The second-order valence-electron chi connectivity index (χ2n) is 5.99. The van der Waals surface area contributed by atoms with Crippen LogP contribution >= 0.6 is 11.3 Å². The summed E-state index contributed by atoms with van der Waals surface area (Å²) in [6, 6.07) is 10.2.